The number of nitrogens with zero attached hydrogens (tertiary/aromatic N) is 1. The fourth-order valence-corrected chi connectivity index (χ4v) is 7.39. The number of rotatable bonds is 9. The molecule has 3 heterocycles. The first-order valence-electron chi connectivity index (χ1n) is 15.7. The first-order chi connectivity index (χ1) is 21.9. The molecule has 232 valence electrons. The van der Waals surface area contributed by atoms with Crippen molar-refractivity contribution in [2.24, 2.45) is 11.8 Å². The maximum atomic E-state index is 14.3. The van der Waals surface area contributed by atoms with Crippen molar-refractivity contribution < 1.29 is 28.6 Å². The molecule has 3 aromatic carbocycles. The van der Waals surface area contributed by atoms with E-state index in [-0.39, 0.29) is 30.3 Å². The number of methoxy groups -OCH3 is 1. The molecule has 45 heavy (non-hydrogen) atoms. The number of carbonyl (C=O) groups excluding carboxylic acids is 3. The molecular weight excluding hydrogens is 570 g/mol. The lowest BCUT2D eigenvalue weighted by Crippen LogP contribution is -2.56. The van der Waals surface area contributed by atoms with Crippen LogP contribution in [0.3, 0.4) is 0 Å². The van der Waals surface area contributed by atoms with Crippen molar-refractivity contribution in [2.75, 3.05) is 12.4 Å². The van der Waals surface area contributed by atoms with Crippen LogP contribution >= 0.6 is 0 Å². The molecule has 2 saturated heterocycles. The number of para-hydroxylation sites is 1. The van der Waals surface area contributed by atoms with Gasteiger partial charge in [-0.25, -0.2) is 0 Å². The Kier molecular flexibility index (Phi) is 7.79. The van der Waals surface area contributed by atoms with E-state index >= 15 is 0 Å². The number of nitrogens with one attached hydrogen (secondary N) is 2. The Morgan fingerprint density at radius 1 is 0.911 bits per heavy atom. The second kappa shape index (κ2) is 12.0. The molecule has 4 aliphatic rings. The summed E-state index contributed by atoms with van der Waals surface area (Å²) in [5.41, 5.74) is 0.174. The standard InChI is InChI=1S/C36H37N3O6/c1-43-28-14-8-9-23(21-28)22-39-32(34(41)38-24-10-4-2-5-11-24)36-20-19-29(45-36)30(31(36)35(39)42)33(40)37-25-15-17-27(18-16-25)44-26-12-6-3-7-13-26/h3,6-9,12-21,24,29-32H,2,4-5,10-11,22H2,1H3,(H,37,40)(H,38,41). The van der Waals surface area contributed by atoms with Gasteiger partial charge >= 0.3 is 0 Å². The highest BCUT2D eigenvalue weighted by Crippen LogP contribution is 2.55. The lowest BCUT2D eigenvalue weighted by Gasteiger charge is -2.34. The summed E-state index contributed by atoms with van der Waals surface area (Å²) in [7, 11) is 1.59. The van der Waals surface area contributed by atoms with Gasteiger partial charge in [-0.2, -0.15) is 0 Å². The Morgan fingerprint density at radius 2 is 1.64 bits per heavy atom. The largest absolute Gasteiger partial charge is 0.497 e. The third kappa shape index (κ3) is 5.46. The second-order valence-corrected chi connectivity index (χ2v) is 12.3. The first-order valence-corrected chi connectivity index (χ1v) is 15.7. The van der Waals surface area contributed by atoms with Crippen LogP contribution in [0.15, 0.2) is 91.0 Å². The van der Waals surface area contributed by atoms with Gasteiger partial charge in [0, 0.05) is 18.3 Å². The average molecular weight is 608 g/mol. The van der Waals surface area contributed by atoms with Crippen molar-refractivity contribution in [3.8, 4) is 17.2 Å². The molecule has 5 atom stereocenters. The van der Waals surface area contributed by atoms with Gasteiger partial charge in [-0.05, 0) is 66.9 Å². The molecule has 0 radical (unpaired) electrons. The molecule has 9 heteroatoms. The van der Waals surface area contributed by atoms with Crippen LogP contribution in [0, 0.1) is 11.8 Å². The summed E-state index contributed by atoms with van der Waals surface area (Å²) in [6, 6.07) is 23.2. The SMILES string of the molecule is COc1cccc(CN2C(=O)C3C(C(=O)Nc4ccc(Oc5ccccc5)cc4)C4C=CC3(O4)C2C(=O)NC2CCCCC2)c1. The van der Waals surface area contributed by atoms with Gasteiger partial charge in [0.05, 0.1) is 25.0 Å². The predicted molar refractivity (Wildman–Crippen MR) is 168 cm³/mol. The Bertz CT molecular complexity index is 1600. The molecule has 9 nitrogen and oxygen atoms in total. The van der Waals surface area contributed by atoms with E-state index in [0.29, 0.717) is 22.9 Å². The third-order valence-electron chi connectivity index (χ3n) is 9.46. The van der Waals surface area contributed by atoms with Crippen molar-refractivity contribution in [2.45, 2.75) is 62.4 Å². The van der Waals surface area contributed by atoms with Crippen LogP contribution < -0.4 is 20.1 Å². The minimum atomic E-state index is -1.23. The Hall–Kier alpha value is -4.63. The topological polar surface area (TPSA) is 106 Å². The van der Waals surface area contributed by atoms with E-state index in [4.69, 9.17) is 14.2 Å². The van der Waals surface area contributed by atoms with Crippen LogP contribution in [-0.2, 0) is 25.7 Å². The van der Waals surface area contributed by atoms with Gasteiger partial charge in [0.25, 0.3) is 0 Å². The fourth-order valence-electron chi connectivity index (χ4n) is 7.39. The number of likely N-dealkylation sites (tertiary alicyclic amines) is 1. The van der Waals surface area contributed by atoms with Gasteiger partial charge in [-0.3, -0.25) is 14.4 Å². The van der Waals surface area contributed by atoms with E-state index in [9.17, 15) is 14.4 Å². The van der Waals surface area contributed by atoms with Gasteiger partial charge < -0.3 is 29.7 Å². The van der Waals surface area contributed by atoms with Crippen molar-refractivity contribution in [3.63, 3.8) is 0 Å². The van der Waals surface area contributed by atoms with Crippen molar-refractivity contribution in [3.05, 3.63) is 96.6 Å². The summed E-state index contributed by atoms with van der Waals surface area (Å²) in [6.45, 7) is 0.191. The van der Waals surface area contributed by atoms with Gasteiger partial charge in [0.15, 0.2) is 0 Å². The summed E-state index contributed by atoms with van der Waals surface area (Å²) >= 11 is 0. The highest BCUT2D eigenvalue weighted by molar-refractivity contribution is 6.02. The number of hydrogen-bond acceptors (Lipinski definition) is 6. The second-order valence-electron chi connectivity index (χ2n) is 12.3. The first kappa shape index (κ1) is 29.1. The van der Waals surface area contributed by atoms with Gasteiger partial charge in [-0.1, -0.05) is 61.7 Å². The molecule has 5 unspecified atom stereocenters. The Labute approximate surface area is 262 Å². The molecule has 0 aromatic heterocycles. The van der Waals surface area contributed by atoms with Gasteiger partial charge in [-0.15, -0.1) is 0 Å². The highest BCUT2D eigenvalue weighted by atomic mass is 16.5. The molecule has 7 rings (SSSR count). The van der Waals surface area contributed by atoms with Crippen LogP contribution in [0.4, 0.5) is 5.69 Å². The summed E-state index contributed by atoms with van der Waals surface area (Å²) in [5, 5.41) is 6.22. The number of anilines is 1. The minimum Gasteiger partial charge on any atom is -0.497 e. The van der Waals surface area contributed by atoms with E-state index in [0.717, 1.165) is 37.7 Å². The van der Waals surface area contributed by atoms with E-state index in [1.165, 1.54) is 0 Å². The van der Waals surface area contributed by atoms with E-state index in [1.54, 1.807) is 36.3 Å². The van der Waals surface area contributed by atoms with Gasteiger partial charge in [0.2, 0.25) is 17.7 Å². The number of amides is 3. The van der Waals surface area contributed by atoms with Crippen molar-refractivity contribution in [1.29, 1.82) is 0 Å². The number of fused-ring (bicyclic) bond motifs is 1. The van der Waals surface area contributed by atoms with Gasteiger partial charge in [0.1, 0.15) is 28.9 Å². The molecule has 3 aromatic rings. The number of hydrogen-bond donors (Lipinski definition) is 2. The molecule has 1 spiro atoms. The maximum absolute atomic E-state index is 14.3. The highest BCUT2D eigenvalue weighted by Gasteiger charge is 2.72. The van der Waals surface area contributed by atoms with Crippen LogP contribution in [0.2, 0.25) is 0 Å². The molecule has 3 amide bonds. The van der Waals surface area contributed by atoms with E-state index in [2.05, 4.69) is 10.6 Å². The molecule has 1 saturated carbocycles. The van der Waals surface area contributed by atoms with E-state index in [1.807, 2.05) is 66.7 Å². The quantitative estimate of drug-likeness (QED) is 0.323. The maximum Gasteiger partial charge on any atom is 0.246 e. The zero-order valence-corrected chi connectivity index (χ0v) is 25.2. The monoisotopic (exact) mass is 607 g/mol. The summed E-state index contributed by atoms with van der Waals surface area (Å²) in [5.74, 6) is -0.433. The van der Waals surface area contributed by atoms with Crippen LogP contribution in [-0.4, -0.2) is 53.5 Å². The zero-order valence-electron chi connectivity index (χ0n) is 25.2. The predicted octanol–water partition coefficient (Wildman–Crippen LogP) is 5.23. The minimum absolute atomic E-state index is 0.0611. The Morgan fingerprint density at radius 3 is 2.40 bits per heavy atom. The molecule has 3 aliphatic heterocycles. The summed E-state index contributed by atoms with van der Waals surface area (Å²) in [4.78, 5) is 43.9. The lowest BCUT2D eigenvalue weighted by molar-refractivity contribution is -0.142. The average Bonchev–Trinajstić information content (AvgIpc) is 3.70. The van der Waals surface area contributed by atoms with Crippen molar-refractivity contribution in [1.82, 2.24) is 10.2 Å². The van der Waals surface area contributed by atoms with E-state index < -0.39 is 29.6 Å². The van der Waals surface area contributed by atoms with Crippen LogP contribution in [0.5, 0.6) is 17.2 Å². The fraction of sp³-hybridized carbons (Fsp3) is 0.361. The summed E-state index contributed by atoms with van der Waals surface area (Å²) in [6.07, 6.45) is 8.19. The normalized spacial score (nSPS) is 26.9. The van der Waals surface area contributed by atoms with Crippen LogP contribution in [0.25, 0.3) is 0 Å². The lowest BCUT2D eigenvalue weighted by atomic mass is 9.74. The summed E-state index contributed by atoms with van der Waals surface area (Å²) < 4.78 is 17.8. The Balaban J connectivity index is 1.14. The van der Waals surface area contributed by atoms with Crippen LogP contribution in [0.1, 0.15) is 37.7 Å². The molecule has 2 N–H and O–H groups in total. The van der Waals surface area contributed by atoms with Crippen molar-refractivity contribution >= 4 is 23.4 Å². The number of benzene rings is 3. The molecule has 1 aliphatic carbocycles. The smallest absolute Gasteiger partial charge is 0.246 e. The zero-order chi connectivity index (χ0) is 31.0. The number of carbonyl (C=O) groups is 3. The molecular formula is C36H37N3O6. The number of ether oxygens (including phenoxy) is 3. The molecule has 3 fully saturated rings. The third-order valence-corrected chi connectivity index (χ3v) is 9.46. The molecule has 2 bridgehead atoms.